The number of likely N-dealkylation sites (tertiary alicyclic amines) is 1. The number of amides is 1. The lowest BCUT2D eigenvalue weighted by molar-refractivity contribution is -0.130. The van der Waals surface area contributed by atoms with E-state index in [0.29, 0.717) is 24.0 Å². The van der Waals surface area contributed by atoms with Gasteiger partial charge < -0.3 is 9.64 Å². The number of halogens is 2. The van der Waals surface area contributed by atoms with Crippen LogP contribution in [0.5, 0.6) is 5.19 Å². The van der Waals surface area contributed by atoms with Gasteiger partial charge in [-0.3, -0.25) is 4.79 Å². The fourth-order valence-electron chi connectivity index (χ4n) is 3.06. The Morgan fingerprint density at radius 2 is 1.86 bits per heavy atom. The molecule has 2 heterocycles. The number of thioether (sulfide) groups is 1. The molecule has 1 fully saturated rings. The number of carbonyl (C=O) groups excluding carboxylic acids is 1. The molecule has 1 aliphatic rings. The van der Waals surface area contributed by atoms with Crippen LogP contribution in [0.4, 0.5) is 8.78 Å². The second-order valence-corrected chi connectivity index (χ2v) is 8.57. The number of carbonyl (C=O) groups is 1. The molecule has 1 saturated heterocycles. The summed E-state index contributed by atoms with van der Waals surface area (Å²) in [4.78, 5) is 19.5. The predicted octanol–water partition coefficient (Wildman–Crippen LogP) is 4.74. The Balaban J connectivity index is 1.26. The van der Waals surface area contributed by atoms with Crippen LogP contribution in [-0.4, -0.2) is 40.7 Å². The number of rotatable bonds is 5. The highest BCUT2D eigenvalue weighted by molar-refractivity contribution is 8.00. The highest BCUT2D eigenvalue weighted by Crippen LogP contribution is 2.30. The molecule has 0 aliphatic carbocycles. The van der Waals surface area contributed by atoms with Gasteiger partial charge in [-0.15, -0.1) is 11.8 Å². The number of hydrogen-bond acceptors (Lipinski definition) is 5. The minimum absolute atomic E-state index is 0.000731. The maximum Gasteiger partial charge on any atom is 0.274 e. The van der Waals surface area contributed by atoms with Crippen LogP contribution in [0.15, 0.2) is 47.4 Å². The highest BCUT2D eigenvalue weighted by atomic mass is 32.2. The van der Waals surface area contributed by atoms with E-state index in [0.717, 1.165) is 28.0 Å². The van der Waals surface area contributed by atoms with Crippen LogP contribution in [0, 0.1) is 11.6 Å². The number of aromatic nitrogens is 1. The Labute approximate surface area is 169 Å². The van der Waals surface area contributed by atoms with Crippen molar-refractivity contribution >= 4 is 39.2 Å². The van der Waals surface area contributed by atoms with Crippen molar-refractivity contribution in [3.8, 4) is 5.19 Å². The first-order valence-electron chi connectivity index (χ1n) is 8.96. The van der Waals surface area contributed by atoms with Crippen molar-refractivity contribution < 1.29 is 18.3 Å². The first-order valence-corrected chi connectivity index (χ1v) is 10.8. The molecule has 1 aromatic heterocycles. The molecule has 0 unspecified atom stereocenters. The molecule has 2 aromatic carbocycles. The molecule has 1 aliphatic heterocycles. The molecule has 0 bridgehead atoms. The van der Waals surface area contributed by atoms with Crippen molar-refractivity contribution in [2.24, 2.45) is 0 Å². The monoisotopic (exact) mass is 420 g/mol. The van der Waals surface area contributed by atoms with Crippen molar-refractivity contribution in [2.45, 2.75) is 23.8 Å². The minimum atomic E-state index is -0.284. The summed E-state index contributed by atoms with van der Waals surface area (Å²) >= 11 is 2.74. The summed E-state index contributed by atoms with van der Waals surface area (Å²) < 4.78 is 32.9. The van der Waals surface area contributed by atoms with Crippen molar-refractivity contribution in [3.05, 3.63) is 54.1 Å². The lowest BCUT2D eigenvalue weighted by Crippen LogP contribution is -2.42. The lowest BCUT2D eigenvalue weighted by atomic mass is 10.1. The molecule has 0 N–H and O–H groups in total. The Morgan fingerprint density at radius 3 is 2.61 bits per heavy atom. The normalized spacial score (nSPS) is 15.1. The van der Waals surface area contributed by atoms with Crippen molar-refractivity contribution in [3.63, 3.8) is 0 Å². The second-order valence-electron chi connectivity index (χ2n) is 6.53. The Hall–Kier alpha value is -2.19. The average Bonchev–Trinajstić information content (AvgIpc) is 3.09. The lowest BCUT2D eigenvalue weighted by Gasteiger charge is -2.31. The summed E-state index contributed by atoms with van der Waals surface area (Å²) in [6.07, 6.45) is 1.47. The fourth-order valence-corrected chi connectivity index (χ4v) is 4.77. The minimum Gasteiger partial charge on any atom is -0.467 e. The molecular weight excluding hydrogens is 402 g/mol. The van der Waals surface area contributed by atoms with Gasteiger partial charge in [0.1, 0.15) is 17.7 Å². The van der Waals surface area contributed by atoms with Gasteiger partial charge in [-0.05, 0) is 42.5 Å². The van der Waals surface area contributed by atoms with Crippen molar-refractivity contribution in [2.75, 3.05) is 18.8 Å². The number of piperidine rings is 1. The molecule has 0 atom stereocenters. The van der Waals surface area contributed by atoms with E-state index in [4.69, 9.17) is 4.74 Å². The maximum atomic E-state index is 13.3. The number of nitrogens with zero attached hydrogens (tertiary/aromatic N) is 2. The predicted molar refractivity (Wildman–Crippen MR) is 107 cm³/mol. The van der Waals surface area contributed by atoms with E-state index in [1.807, 2.05) is 4.90 Å². The third-order valence-electron chi connectivity index (χ3n) is 4.57. The first kappa shape index (κ1) is 19.1. The second kappa shape index (κ2) is 8.45. The number of ether oxygens (including phenoxy) is 1. The van der Waals surface area contributed by atoms with E-state index in [1.165, 1.54) is 47.4 Å². The summed E-state index contributed by atoms with van der Waals surface area (Å²) in [6.45, 7) is 1.26. The van der Waals surface area contributed by atoms with E-state index in [1.54, 1.807) is 18.2 Å². The smallest absolute Gasteiger partial charge is 0.274 e. The van der Waals surface area contributed by atoms with Crippen LogP contribution in [0.3, 0.4) is 0 Å². The summed E-state index contributed by atoms with van der Waals surface area (Å²) in [7, 11) is 0. The largest absolute Gasteiger partial charge is 0.467 e. The van der Waals surface area contributed by atoms with Crippen molar-refractivity contribution in [1.29, 1.82) is 0 Å². The van der Waals surface area contributed by atoms with E-state index in [-0.39, 0.29) is 23.6 Å². The Kier molecular flexibility index (Phi) is 5.77. The van der Waals surface area contributed by atoms with Crippen LogP contribution >= 0.6 is 23.1 Å². The molecule has 0 saturated carbocycles. The van der Waals surface area contributed by atoms with Gasteiger partial charge in [-0.25, -0.2) is 13.8 Å². The summed E-state index contributed by atoms with van der Waals surface area (Å²) in [5, 5.41) is 0.539. The van der Waals surface area contributed by atoms with E-state index in [2.05, 4.69) is 4.98 Å². The Morgan fingerprint density at radius 1 is 1.14 bits per heavy atom. The van der Waals surface area contributed by atoms with E-state index >= 15 is 0 Å². The van der Waals surface area contributed by atoms with E-state index < -0.39 is 0 Å². The molecule has 28 heavy (non-hydrogen) atoms. The molecule has 4 rings (SSSR count). The number of benzene rings is 2. The summed E-state index contributed by atoms with van der Waals surface area (Å²) in [6, 6.07) is 10.6. The van der Waals surface area contributed by atoms with Gasteiger partial charge >= 0.3 is 0 Å². The zero-order valence-corrected chi connectivity index (χ0v) is 16.6. The molecule has 8 heteroatoms. The maximum absolute atomic E-state index is 13.3. The van der Waals surface area contributed by atoms with Gasteiger partial charge in [0.05, 0.1) is 16.0 Å². The summed E-state index contributed by atoms with van der Waals surface area (Å²) in [5.41, 5.74) is 0.729. The average molecular weight is 421 g/mol. The third kappa shape index (κ3) is 4.62. The summed E-state index contributed by atoms with van der Waals surface area (Å²) in [5.74, 6) is -0.159. The van der Waals surface area contributed by atoms with Crippen LogP contribution in [-0.2, 0) is 4.79 Å². The highest BCUT2D eigenvalue weighted by Gasteiger charge is 2.24. The molecule has 1 amide bonds. The van der Waals surface area contributed by atoms with E-state index in [9.17, 15) is 13.6 Å². The molecule has 3 aromatic rings. The van der Waals surface area contributed by atoms with Gasteiger partial charge in [0, 0.05) is 30.8 Å². The zero-order chi connectivity index (χ0) is 19.5. The third-order valence-corrected chi connectivity index (χ3v) is 6.47. The van der Waals surface area contributed by atoms with Crippen molar-refractivity contribution in [1.82, 2.24) is 9.88 Å². The zero-order valence-electron chi connectivity index (χ0n) is 14.9. The molecule has 4 nitrogen and oxygen atoms in total. The van der Waals surface area contributed by atoms with Crippen LogP contribution < -0.4 is 4.74 Å². The molecular formula is C20H18F2N2O2S2. The van der Waals surface area contributed by atoms with Gasteiger partial charge in [-0.2, -0.15) is 0 Å². The topological polar surface area (TPSA) is 42.4 Å². The first-order chi connectivity index (χ1) is 13.6. The van der Waals surface area contributed by atoms with Gasteiger partial charge in [0.25, 0.3) is 5.19 Å². The SMILES string of the molecule is O=C(CSc1ccc(F)cc1)N1CCC(Oc2nc3ccc(F)cc3s2)CC1. The number of thiazole rings is 1. The molecule has 0 radical (unpaired) electrons. The molecule has 0 spiro atoms. The number of hydrogen-bond donors (Lipinski definition) is 0. The fraction of sp³-hybridized carbons (Fsp3) is 0.300. The number of fused-ring (bicyclic) bond motifs is 1. The quantitative estimate of drug-likeness (QED) is 0.560. The van der Waals surface area contributed by atoms with Crippen LogP contribution in [0.1, 0.15) is 12.8 Å². The van der Waals surface area contributed by atoms with Crippen LogP contribution in [0.25, 0.3) is 10.2 Å². The van der Waals surface area contributed by atoms with Gasteiger partial charge in [-0.1, -0.05) is 11.3 Å². The van der Waals surface area contributed by atoms with Gasteiger partial charge in [0.15, 0.2) is 0 Å². The Bertz CT molecular complexity index is 970. The van der Waals surface area contributed by atoms with Gasteiger partial charge in [0.2, 0.25) is 5.91 Å². The van der Waals surface area contributed by atoms with Crippen LogP contribution in [0.2, 0.25) is 0 Å². The standard InChI is InChI=1S/C20H18F2N2O2S2/c21-13-1-4-16(5-2-13)27-12-19(25)24-9-7-15(8-10-24)26-20-23-17-6-3-14(22)11-18(17)28-20/h1-6,11,15H,7-10,12H2. The molecule has 146 valence electrons.